The molecule has 6 N–H and O–H groups in total. The van der Waals surface area contributed by atoms with Crippen LogP contribution in [0, 0.1) is 44.0 Å². The number of anilines is 1. The van der Waals surface area contributed by atoms with Gasteiger partial charge >= 0.3 is 10.2 Å². The number of oxime groups is 1. The molecule has 9 aromatic heterocycles. The zero-order valence-electron chi connectivity index (χ0n) is 73.8. The predicted molar refractivity (Wildman–Crippen MR) is 506 cm³/mol. The Kier molecular flexibility index (Phi) is 24.3. The fraction of sp³-hybridized carbons (Fsp3) is 0.204. The number of nitrogens with zero attached hydrogens (tertiary/aromatic N) is 9. The first-order chi connectivity index (χ1) is 64.3. The summed E-state index contributed by atoms with van der Waals surface area (Å²) in [4.78, 5) is 73.6. The number of rotatable bonds is 19. The van der Waals surface area contributed by atoms with Crippen LogP contribution in [-0.2, 0) is 44.7 Å². The molecule has 17 aromatic rings. The fourth-order valence-electron chi connectivity index (χ4n) is 17.2. The Morgan fingerprint density at radius 3 is 1.87 bits per heavy atom. The summed E-state index contributed by atoms with van der Waals surface area (Å²) in [5, 5.41) is 18.6. The number of aromatic nitrogens is 11. The first-order valence-electron chi connectivity index (χ1n) is 43.4. The van der Waals surface area contributed by atoms with Crippen LogP contribution < -0.4 is 19.8 Å². The number of fused-ring (bicyclic) bond motifs is 8. The number of carbonyl (C=O) groups excluding carboxylic acids is 2. The third-order valence-corrected chi connectivity index (χ3v) is 27.7. The van der Waals surface area contributed by atoms with Crippen molar-refractivity contribution in [3.8, 4) is 73.0 Å². The lowest BCUT2D eigenvalue weighted by Crippen LogP contribution is -2.34. The number of hydrogen-bond acceptors (Lipinski definition) is 17. The molecule has 11 heterocycles. The second-order valence-corrected chi connectivity index (χ2v) is 38.7. The molecule has 31 heteroatoms. The van der Waals surface area contributed by atoms with Gasteiger partial charge in [0.25, 0.3) is 5.56 Å². The third-order valence-electron chi connectivity index (χ3n) is 24.4. The van der Waals surface area contributed by atoms with E-state index >= 15 is 8.78 Å². The number of ether oxygens (including phenoxy) is 2. The average molecular weight is 1840 g/mol. The number of sulfone groups is 1. The van der Waals surface area contributed by atoms with Crippen LogP contribution in [0.5, 0.6) is 17.2 Å². The van der Waals surface area contributed by atoms with Crippen LogP contribution in [0.4, 0.5) is 27.6 Å². The number of benzene rings is 8. The van der Waals surface area contributed by atoms with Gasteiger partial charge < -0.3 is 34.6 Å². The van der Waals surface area contributed by atoms with Crippen LogP contribution >= 0.6 is 0 Å². The molecule has 2 aliphatic carbocycles. The normalized spacial score (nSPS) is 15.9. The van der Waals surface area contributed by atoms with Crippen LogP contribution in [0.3, 0.4) is 0 Å². The molecule has 0 radical (unpaired) electrons. The molecule has 134 heavy (non-hydrogen) atoms. The predicted octanol–water partition coefficient (Wildman–Crippen LogP) is 20.9. The molecule has 2 aliphatic heterocycles. The highest BCUT2D eigenvalue weighted by molar-refractivity contribution is 7.90. The number of alkyl halides is 1. The van der Waals surface area contributed by atoms with E-state index in [0.29, 0.717) is 56.8 Å². The molecule has 1 saturated carbocycles. The maximum absolute atomic E-state index is 15.3. The van der Waals surface area contributed by atoms with Crippen molar-refractivity contribution in [1.82, 2.24) is 58.9 Å². The van der Waals surface area contributed by atoms with Crippen molar-refractivity contribution in [2.24, 2.45) is 12.2 Å². The van der Waals surface area contributed by atoms with Gasteiger partial charge in [0.1, 0.15) is 75.4 Å². The maximum atomic E-state index is 15.3. The van der Waals surface area contributed by atoms with Gasteiger partial charge in [-0.25, -0.2) is 50.3 Å². The van der Waals surface area contributed by atoms with Gasteiger partial charge in [-0.2, -0.15) is 17.8 Å². The first-order valence-corrected chi connectivity index (χ1v) is 46.7. The topological polar surface area (TPSA) is 331 Å². The van der Waals surface area contributed by atoms with E-state index < -0.39 is 83.6 Å². The van der Waals surface area contributed by atoms with Crippen LogP contribution in [0.1, 0.15) is 141 Å². The standard InChI is InChI=1S/C35H30N4O3.C25H21F3N4O3S.C25H22F2N2O3S.C18H16N4O/c1-18-5-7-19(8-6-18)22-17-24-28(13-14-36-32(24)39-34(22)40)41-21-10-12-27-23(16-21)29-30(31(29)42-27)33-37-25-11-9-20(35(2,3)4)15-26(25)38-33;1-14-2-4-15(5-3-14)16-10-18-19(12-30-25(18)29-11-16)24(33)22-20(27)6-7-21(23(22)28)31-36(34,35)32-9-8-17(26)13-32;1-3-10-33(31,32)14-17-8-9-21(26)22(23(17)27)24(30)20-13-29-25-19(20)11-18(12-28-25)16-6-4-15(2)5-7-16;1-22-11-16(18(20-22)12-6-8-19-9-7-12)14-2-4-15-13(10-14)3-5-17(15)21-23/h5-17,29-31H,1-4H3,(H,37,38)(H,36,39,40);2-7,10-12,17,31H,8-9,13H2,1H3,(H,29,30);4-9,11-13H,3,10,14H2,1-2H3,(H,28,29);2,4,6-11,23H,3,5H2,1H3/b;;;21-17+/t29-,30-,31-;17-;;/m11../s1. The van der Waals surface area contributed by atoms with E-state index in [2.05, 4.69) is 107 Å². The molecule has 2 fully saturated rings. The molecule has 0 bridgehead atoms. The Morgan fingerprint density at radius 2 is 1.25 bits per heavy atom. The van der Waals surface area contributed by atoms with Crippen molar-refractivity contribution in [3.63, 3.8) is 0 Å². The second kappa shape index (κ2) is 36.3. The lowest BCUT2D eigenvalue weighted by Gasteiger charge is -2.18. The largest absolute Gasteiger partial charge is 0.489 e. The number of carbonyl (C=O) groups is 2. The lowest BCUT2D eigenvalue weighted by molar-refractivity contribution is 0.102. The van der Waals surface area contributed by atoms with Gasteiger partial charge in [0.2, 0.25) is 11.6 Å². The number of pyridine rings is 5. The molecular weight excluding hydrogens is 1750 g/mol. The highest BCUT2D eigenvalue weighted by atomic mass is 32.2. The molecule has 678 valence electrons. The number of hydrogen-bond donors (Lipinski definition) is 6. The average Bonchev–Trinajstić information content (AvgIpc) is 1.53. The molecule has 0 spiro atoms. The maximum Gasteiger partial charge on any atom is 0.301 e. The number of halogens is 5. The van der Waals surface area contributed by atoms with E-state index in [0.717, 1.165) is 148 Å². The van der Waals surface area contributed by atoms with Gasteiger partial charge in [0, 0.05) is 142 Å². The summed E-state index contributed by atoms with van der Waals surface area (Å²) in [6.45, 7) is 13.9. The number of aryl methyl sites for hydroxylation is 5. The number of H-pyrrole nitrogens is 4. The van der Waals surface area contributed by atoms with Crippen molar-refractivity contribution < 1.29 is 63.1 Å². The third kappa shape index (κ3) is 18.2. The molecule has 0 amide bonds. The van der Waals surface area contributed by atoms with E-state index in [1.54, 1.807) is 50.0 Å². The Morgan fingerprint density at radius 1 is 0.627 bits per heavy atom. The minimum atomic E-state index is -4.30. The number of imidazole rings is 1. The highest BCUT2D eigenvalue weighted by Gasteiger charge is 2.61. The van der Waals surface area contributed by atoms with Crippen molar-refractivity contribution in [2.75, 3.05) is 23.6 Å². The van der Waals surface area contributed by atoms with Gasteiger partial charge in [-0.3, -0.25) is 28.8 Å². The summed E-state index contributed by atoms with van der Waals surface area (Å²) in [7, 11) is -5.95. The van der Waals surface area contributed by atoms with E-state index in [4.69, 9.17) is 19.7 Å². The molecule has 4 atom stereocenters. The van der Waals surface area contributed by atoms with Gasteiger partial charge in [-0.1, -0.05) is 153 Å². The van der Waals surface area contributed by atoms with Gasteiger partial charge in [-0.05, 0) is 170 Å². The molecule has 24 nitrogen and oxygen atoms in total. The summed E-state index contributed by atoms with van der Waals surface area (Å²) in [5.74, 6) is -3.70. The van der Waals surface area contributed by atoms with Crippen LogP contribution in [0.2, 0.25) is 0 Å². The zero-order chi connectivity index (χ0) is 93.9. The summed E-state index contributed by atoms with van der Waals surface area (Å²) in [6.07, 6.45) is 14.0. The van der Waals surface area contributed by atoms with Crippen molar-refractivity contribution in [2.45, 2.75) is 109 Å². The van der Waals surface area contributed by atoms with E-state index in [1.807, 2.05) is 159 Å². The summed E-state index contributed by atoms with van der Waals surface area (Å²) in [5.41, 5.74) is 18.2. The fourth-order valence-corrected chi connectivity index (χ4v) is 20.0. The van der Waals surface area contributed by atoms with Gasteiger partial charge in [0.05, 0.1) is 56.4 Å². The van der Waals surface area contributed by atoms with E-state index in [9.17, 15) is 44.4 Å². The SMILES string of the molecule is CCCS(=O)(=O)Cc1ccc(F)c(C(=O)c2c[nH]c3ncc(-c4ccc(C)cc4)cc23)c1F.Cc1ccc(-c2cc3c(Oc4ccc5c(c4)[C@H]4[C@@H](O5)[C@@H]4c4nc5ccc(C(C)(C)C)cc5[nH]4)ccnc3[nH]c2=O)cc1.Cc1ccc(-c2cnc3[nH]cc(C(=O)c4c(F)ccc(NS(=O)(=O)N5CC[C@@H](F)C5)c4F)c3c2)cc1.Cn1cc(-c2ccc3c(c2)CC/C3=N\O)c(-c2ccncc2)n1. The van der Waals surface area contributed by atoms with Crippen molar-refractivity contribution >= 4 is 87.1 Å². The summed E-state index contributed by atoms with van der Waals surface area (Å²) >= 11 is 0. The smallest absolute Gasteiger partial charge is 0.301 e. The highest BCUT2D eigenvalue weighted by Crippen LogP contribution is 2.63. The van der Waals surface area contributed by atoms with Crippen LogP contribution in [0.15, 0.2) is 248 Å². The number of nitrogens with one attached hydrogen (secondary N) is 5. The summed E-state index contributed by atoms with van der Waals surface area (Å²) in [6, 6.07) is 56.8. The molecule has 1 saturated heterocycles. The van der Waals surface area contributed by atoms with Gasteiger partial charge in [-0.15, -0.1) is 0 Å². The minimum Gasteiger partial charge on any atom is -0.489 e. The van der Waals surface area contributed by atoms with Crippen molar-refractivity contribution in [3.05, 3.63) is 344 Å². The number of ketones is 2. The second-order valence-electron chi connectivity index (χ2n) is 34.9. The number of aromatic amines is 4. The van der Waals surface area contributed by atoms with Crippen molar-refractivity contribution in [1.29, 1.82) is 0 Å². The molecule has 21 rings (SSSR count). The Bertz CT molecular complexity index is 7830. The Hall–Kier alpha value is -15.0. The summed E-state index contributed by atoms with van der Waals surface area (Å²) < 4.78 is 140. The van der Waals surface area contributed by atoms with Crippen LogP contribution in [0.25, 0.3) is 99.9 Å². The van der Waals surface area contributed by atoms with E-state index in [-0.39, 0.29) is 70.9 Å². The first kappa shape index (κ1) is 89.6. The van der Waals surface area contributed by atoms with Gasteiger partial charge in [0.15, 0.2) is 15.7 Å². The Labute approximate surface area is 766 Å². The Balaban J connectivity index is 0.000000122. The molecule has 8 aromatic carbocycles. The lowest BCUT2D eigenvalue weighted by atomic mass is 9.87. The zero-order valence-corrected chi connectivity index (χ0v) is 75.5. The molecule has 0 unspecified atom stereocenters. The minimum absolute atomic E-state index is 0.0235. The monoisotopic (exact) mass is 1840 g/mol. The molecular formula is C103H89F5N14O10S2. The van der Waals surface area contributed by atoms with E-state index in [1.165, 1.54) is 23.5 Å². The molecule has 4 aliphatic rings. The van der Waals surface area contributed by atoms with Crippen LogP contribution in [-0.4, -0.2) is 129 Å². The quantitative estimate of drug-likeness (QED) is 0.0190.